The highest BCUT2D eigenvalue weighted by atomic mass is 19.3. The van der Waals surface area contributed by atoms with Crippen molar-refractivity contribution in [3.8, 4) is 11.9 Å². The predicted octanol–water partition coefficient (Wildman–Crippen LogP) is 5.51. The fourth-order valence-corrected chi connectivity index (χ4v) is 4.30. The molecule has 0 saturated heterocycles. The van der Waals surface area contributed by atoms with Crippen LogP contribution in [0.1, 0.15) is 39.0 Å². The molecule has 4 atom stereocenters. The third kappa shape index (κ3) is 5.54. The standard InChI is InChI=1S/C26H17F7N4O3/c27-17-7-6-14(9-13(17)10-34)36-25(38)19-15-3-1-2-4-16(15)26(39)37(23(32)21(28)29)20(19)12-5-8-18(35-11-12)40-24(33)22(30)31/h1-9,11,19-24H,(H,36,38). The number of benzene rings is 2. The van der Waals surface area contributed by atoms with Crippen LogP contribution in [0, 0.1) is 17.1 Å². The van der Waals surface area contributed by atoms with E-state index in [1.165, 1.54) is 24.3 Å². The van der Waals surface area contributed by atoms with Gasteiger partial charge in [-0.2, -0.15) is 9.65 Å². The van der Waals surface area contributed by atoms with Gasteiger partial charge in [-0.3, -0.25) is 14.5 Å². The molecule has 0 radical (unpaired) electrons. The summed E-state index contributed by atoms with van der Waals surface area (Å²) in [5, 5.41) is 11.5. The first-order valence-electron chi connectivity index (χ1n) is 11.4. The number of amides is 2. The van der Waals surface area contributed by atoms with Crippen LogP contribution in [0.5, 0.6) is 5.88 Å². The predicted molar refractivity (Wildman–Crippen MR) is 125 cm³/mol. The summed E-state index contributed by atoms with van der Waals surface area (Å²) < 4.78 is 98.7. The molecule has 3 aromatic rings. The molecule has 0 saturated carbocycles. The summed E-state index contributed by atoms with van der Waals surface area (Å²) in [4.78, 5) is 30.7. The summed E-state index contributed by atoms with van der Waals surface area (Å²) in [6.07, 6.45) is -12.6. The average molecular weight is 566 g/mol. The van der Waals surface area contributed by atoms with E-state index < -0.39 is 66.5 Å². The number of pyridine rings is 1. The van der Waals surface area contributed by atoms with Crippen LogP contribution in [-0.2, 0) is 4.79 Å². The van der Waals surface area contributed by atoms with Gasteiger partial charge in [-0.25, -0.2) is 31.3 Å². The summed E-state index contributed by atoms with van der Waals surface area (Å²) >= 11 is 0. The molecule has 2 heterocycles. The summed E-state index contributed by atoms with van der Waals surface area (Å²) in [6.45, 7) is 0. The zero-order chi connectivity index (χ0) is 29.1. The SMILES string of the molecule is N#Cc1cc(NC(=O)C2c3ccccc3C(=O)N(C(F)C(F)F)C2c2ccc(OC(F)C(F)F)nc2)ccc1F. The second kappa shape index (κ2) is 11.6. The fraction of sp³-hybridized carbons (Fsp3) is 0.231. The van der Waals surface area contributed by atoms with Gasteiger partial charge in [0.15, 0.2) is 0 Å². The first-order chi connectivity index (χ1) is 19.0. The largest absolute Gasteiger partial charge is 0.437 e. The van der Waals surface area contributed by atoms with Gasteiger partial charge >= 0.3 is 6.43 Å². The highest BCUT2D eigenvalue weighted by Crippen LogP contribution is 2.45. The number of rotatable bonds is 8. The molecule has 40 heavy (non-hydrogen) atoms. The van der Waals surface area contributed by atoms with Crippen LogP contribution in [0.15, 0.2) is 60.8 Å². The highest BCUT2D eigenvalue weighted by Gasteiger charge is 2.49. The van der Waals surface area contributed by atoms with E-state index in [-0.39, 0.29) is 27.3 Å². The van der Waals surface area contributed by atoms with E-state index in [0.29, 0.717) is 0 Å². The molecule has 0 spiro atoms. The Labute approximate surface area is 221 Å². The maximum absolute atomic E-state index is 15.0. The normalized spacial score (nSPS) is 18.2. The third-order valence-corrected chi connectivity index (χ3v) is 6.02. The second-order valence-corrected chi connectivity index (χ2v) is 8.46. The van der Waals surface area contributed by atoms with Gasteiger partial charge in [0.1, 0.15) is 11.9 Å². The summed E-state index contributed by atoms with van der Waals surface area (Å²) in [5.41, 5.74) is -0.883. The summed E-state index contributed by atoms with van der Waals surface area (Å²) in [5.74, 6) is -5.19. The Morgan fingerprint density at radius 2 is 1.75 bits per heavy atom. The molecule has 2 amide bonds. The van der Waals surface area contributed by atoms with E-state index in [1.54, 1.807) is 6.07 Å². The number of carbonyl (C=O) groups is 2. The second-order valence-electron chi connectivity index (χ2n) is 8.46. The number of ether oxygens (including phenoxy) is 1. The number of nitriles is 1. The maximum atomic E-state index is 15.0. The Kier molecular flexibility index (Phi) is 8.22. The van der Waals surface area contributed by atoms with Crippen LogP contribution in [0.2, 0.25) is 0 Å². The number of halogens is 7. The molecule has 1 aromatic heterocycles. The van der Waals surface area contributed by atoms with E-state index in [1.807, 2.05) is 0 Å². The summed E-state index contributed by atoms with van der Waals surface area (Å²) in [7, 11) is 0. The van der Waals surface area contributed by atoms with E-state index in [9.17, 15) is 35.9 Å². The maximum Gasteiger partial charge on any atom is 0.304 e. The third-order valence-electron chi connectivity index (χ3n) is 6.02. The molecule has 0 bridgehead atoms. The lowest BCUT2D eigenvalue weighted by Crippen LogP contribution is -2.51. The lowest BCUT2D eigenvalue weighted by molar-refractivity contribution is -0.121. The van der Waals surface area contributed by atoms with Gasteiger partial charge in [0, 0.05) is 23.5 Å². The molecule has 4 unspecified atom stereocenters. The molecule has 14 heteroatoms. The summed E-state index contributed by atoms with van der Waals surface area (Å²) in [6, 6.07) is 10.2. The molecular weight excluding hydrogens is 549 g/mol. The molecule has 208 valence electrons. The van der Waals surface area contributed by atoms with Crippen LogP contribution in [0.4, 0.5) is 36.4 Å². The first-order valence-corrected chi connectivity index (χ1v) is 11.4. The van der Waals surface area contributed by atoms with Crippen molar-refractivity contribution in [2.75, 3.05) is 5.32 Å². The number of alkyl halides is 6. The smallest absolute Gasteiger partial charge is 0.304 e. The number of hydrogen-bond acceptors (Lipinski definition) is 5. The van der Waals surface area contributed by atoms with Crippen molar-refractivity contribution in [1.82, 2.24) is 9.88 Å². The van der Waals surface area contributed by atoms with Gasteiger partial charge in [0.2, 0.25) is 18.1 Å². The number of aromatic nitrogens is 1. The van der Waals surface area contributed by atoms with Gasteiger partial charge in [-0.1, -0.05) is 24.3 Å². The number of fused-ring (bicyclic) bond motifs is 1. The number of nitrogens with zero attached hydrogens (tertiary/aromatic N) is 3. The van der Waals surface area contributed by atoms with Gasteiger partial charge in [-0.05, 0) is 35.4 Å². The van der Waals surface area contributed by atoms with E-state index in [2.05, 4.69) is 15.0 Å². The monoisotopic (exact) mass is 566 g/mol. The molecule has 0 fully saturated rings. The molecule has 0 aliphatic carbocycles. The van der Waals surface area contributed by atoms with Crippen LogP contribution in [0.25, 0.3) is 0 Å². The van der Waals surface area contributed by atoms with Crippen molar-refractivity contribution in [1.29, 1.82) is 5.26 Å². The van der Waals surface area contributed by atoms with Crippen molar-refractivity contribution in [3.05, 3.63) is 88.9 Å². The Bertz CT molecular complexity index is 1450. The van der Waals surface area contributed by atoms with Crippen LogP contribution < -0.4 is 10.1 Å². The van der Waals surface area contributed by atoms with E-state index in [0.717, 1.165) is 36.5 Å². The van der Waals surface area contributed by atoms with Gasteiger partial charge in [0.25, 0.3) is 18.7 Å². The average Bonchev–Trinajstić information content (AvgIpc) is 2.93. The Balaban J connectivity index is 1.82. The molecule has 1 aliphatic rings. The zero-order valence-electron chi connectivity index (χ0n) is 19.9. The fourth-order valence-electron chi connectivity index (χ4n) is 4.30. The lowest BCUT2D eigenvalue weighted by atomic mass is 9.79. The van der Waals surface area contributed by atoms with E-state index >= 15 is 4.39 Å². The minimum absolute atomic E-state index is 0.0252. The Morgan fingerprint density at radius 1 is 1.02 bits per heavy atom. The van der Waals surface area contributed by atoms with E-state index in [4.69, 9.17) is 5.26 Å². The molecule has 2 aromatic carbocycles. The van der Waals surface area contributed by atoms with Crippen LogP contribution in [0.3, 0.4) is 0 Å². The molecule has 7 nitrogen and oxygen atoms in total. The number of carbonyl (C=O) groups excluding carboxylic acids is 2. The zero-order valence-corrected chi connectivity index (χ0v) is 19.9. The molecule has 1 aliphatic heterocycles. The molecule has 1 N–H and O–H groups in total. The van der Waals surface area contributed by atoms with Crippen molar-refractivity contribution in [3.63, 3.8) is 0 Å². The van der Waals surface area contributed by atoms with Crippen molar-refractivity contribution >= 4 is 17.5 Å². The van der Waals surface area contributed by atoms with Gasteiger partial charge in [0.05, 0.1) is 17.5 Å². The van der Waals surface area contributed by atoms with Crippen molar-refractivity contribution in [2.45, 2.75) is 37.5 Å². The minimum Gasteiger partial charge on any atom is -0.437 e. The number of hydrogen-bond donors (Lipinski definition) is 1. The Hall–Kier alpha value is -4.67. The first kappa shape index (κ1) is 28.3. The molecular formula is C26H17F7N4O3. The number of nitrogens with one attached hydrogen (secondary N) is 1. The van der Waals surface area contributed by atoms with Crippen LogP contribution >= 0.6 is 0 Å². The van der Waals surface area contributed by atoms with Gasteiger partial charge < -0.3 is 10.1 Å². The lowest BCUT2D eigenvalue weighted by Gasteiger charge is -2.42. The number of anilines is 1. The van der Waals surface area contributed by atoms with Crippen LogP contribution in [-0.4, -0.2) is 47.2 Å². The quantitative estimate of drug-likeness (QED) is 0.287. The Morgan fingerprint density at radius 3 is 2.38 bits per heavy atom. The van der Waals surface area contributed by atoms with Crippen molar-refractivity contribution in [2.24, 2.45) is 0 Å². The molecule has 4 rings (SSSR count). The highest BCUT2D eigenvalue weighted by molar-refractivity contribution is 6.04. The van der Waals surface area contributed by atoms with Crippen molar-refractivity contribution < 1.29 is 45.1 Å². The van der Waals surface area contributed by atoms with Gasteiger partial charge in [-0.15, -0.1) is 0 Å². The topological polar surface area (TPSA) is 95.3 Å². The minimum atomic E-state index is -3.69.